The van der Waals surface area contributed by atoms with Crippen molar-refractivity contribution < 1.29 is 14.7 Å². The van der Waals surface area contributed by atoms with Gasteiger partial charge in [0.15, 0.2) is 0 Å². The zero-order valence-electron chi connectivity index (χ0n) is 12.2. The summed E-state index contributed by atoms with van der Waals surface area (Å²) in [5, 5.41) is 12.1. The van der Waals surface area contributed by atoms with Crippen LogP contribution in [0.4, 0.5) is 0 Å². The maximum atomic E-state index is 12.2. The van der Waals surface area contributed by atoms with Crippen molar-refractivity contribution in [1.29, 1.82) is 0 Å². The second kappa shape index (κ2) is 7.50. The second-order valence-electron chi connectivity index (χ2n) is 5.42. The summed E-state index contributed by atoms with van der Waals surface area (Å²) in [5.41, 5.74) is 0.509. The van der Waals surface area contributed by atoms with Crippen LogP contribution >= 0.6 is 11.8 Å². The van der Waals surface area contributed by atoms with Crippen LogP contribution in [-0.4, -0.2) is 29.3 Å². The van der Waals surface area contributed by atoms with E-state index >= 15 is 0 Å². The molecular formula is C16H21NO3S. The number of hydrogen-bond donors (Lipinski definition) is 2. The second-order valence-corrected chi connectivity index (χ2v) is 6.30. The number of benzene rings is 1. The fraction of sp³-hybridized carbons (Fsp3) is 0.500. The van der Waals surface area contributed by atoms with Crippen molar-refractivity contribution in [1.82, 2.24) is 5.32 Å². The van der Waals surface area contributed by atoms with Gasteiger partial charge in [-0.15, -0.1) is 11.8 Å². The van der Waals surface area contributed by atoms with E-state index in [0.29, 0.717) is 5.56 Å². The van der Waals surface area contributed by atoms with E-state index in [1.165, 1.54) is 0 Å². The molecule has 1 atom stereocenters. The summed E-state index contributed by atoms with van der Waals surface area (Å²) in [5.74, 6) is -1.19. The molecule has 1 unspecified atom stereocenters. The number of carbonyl (C=O) groups excluding carboxylic acids is 1. The molecule has 1 aromatic rings. The van der Waals surface area contributed by atoms with Crippen LogP contribution in [0.25, 0.3) is 0 Å². The first-order valence-corrected chi connectivity index (χ1v) is 8.52. The molecule has 0 aromatic heterocycles. The number of carbonyl (C=O) groups is 2. The minimum Gasteiger partial charge on any atom is -0.480 e. The van der Waals surface area contributed by atoms with Gasteiger partial charge in [-0.1, -0.05) is 19.3 Å². The third kappa shape index (κ3) is 4.24. The molecule has 0 bridgehead atoms. The van der Waals surface area contributed by atoms with E-state index in [1.54, 1.807) is 23.9 Å². The molecule has 0 saturated heterocycles. The Balaban J connectivity index is 2.04. The van der Waals surface area contributed by atoms with Crippen LogP contribution in [0.2, 0.25) is 0 Å². The maximum absolute atomic E-state index is 12.2. The Morgan fingerprint density at radius 1 is 1.19 bits per heavy atom. The van der Waals surface area contributed by atoms with Gasteiger partial charge in [0.2, 0.25) is 0 Å². The molecule has 0 heterocycles. The summed E-state index contributed by atoms with van der Waals surface area (Å²) < 4.78 is 0. The topological polar surface area (TPSA) is 66.4 Å². The van der Waals surface area contributed by atoms with Gasteiger partial charge in [0.05, 0.1) is 0 Å². The number of carboxylic acids is 1. The Morgan fingerprint density at radius 2 is 1.81 bits per heavy atom. The van der Waals surface area contributed by atoms with E-state index < -0.39 is 12.0 Å². The fourth-order valence-corrected chi connectivity index (χ4v) is 3.22. The van der Waals surface area contributed by atoms with Crippen molar-refractivity contribution in [2.75, 3.05) is 6.26 Å². The highest BCUT2D eigenvalue weighted by Gasteiger charge is 2.30. The van der Waals surface area contributed by atoms with Crippen LogP contribution in [0.5, 0.6) is 0 Å². The molecule has 5 heteroatoms. The predicted molar refractivity (Wildman–Crippen MR) is 83.7 cm³/mol. The fourth-order valence-electron chi connectivity index (χ4n) is 2.82. The van der Waals surface area contributed by atoms with Crippen LogP contribution in [0, 0.1) is 5.92 Å². The number of rotatable bonds is 5. The summed E-state index contributed by atoms with van der Waals surface area (Å²) in [4.78, 5) is 24.7. The van der Waals surface area contributed by atoms with Crippen molar-refractivity contribution in [2.24, 2.45) is 5.92 Å². The summed E-state index contributed by atoms with van der Waals surface area (Å²) in [6.45, 7) is 0. The Kier molecular flexibility index (Phi) is 5.67. The molecule has 1 aliphatic rings. The van der Waals surface area contributed by atoms with Crippen molar-refractivity contribution in [3.05, 3.63) is 29.8 Å². The highest BCUT2D eigenvalue weighted by molar-refractivity contribution is 7.98. The largest absolute Gasteiger partial charge is 0.480 e. The van der Waals surface area contributed by atoms with Gasteiger partial charge >= 0.3 is 5.97 Å². The highest BCUT2D eigenvalue weighted by atomic mass is 32.2. The third-order valence-corrected chi connectivity index (χ3v) is 4.77. The van der Waals surface area contributed by atoms with E-state index in [0.717, 1.165) is 37.0 Å². The minimum atomic E-state index is -0.934. The first-order chi connectivity index (χ1) is 10.1. The van der Waals surface area contributed by atoms with Crippen molar-refractivity contribution in [3.8, 4) is 0 Å². The van der Waals surface area contributed by atoms with Gasteiger partial charge in [0, 0.05) is 10.5 Å². The number of hydrogen-bond acceptors (Lipinski definition) is 3. The average molecular weight is 307 g/mol. The van der Waals surface area contributed by atoms with Crippen LogP contribution < -0.4 is 5.32 Å². The lowest BCUT2D eigenvalue weighted by Crippen LogP contribution is -2.46. The molecule has 1 saturated carbocycles. The maximum Gasteiger partial charge on any atom is 0.326 e. The molecule has 1 amide bonds. The smallest absolute Gasteiger partial charge is 0.326 e. The molecule has 2 N–H and O–H groups in total. The van der Waals surface area contributed by atoms with E-state index in [-0.39, 0.29) is 11.8 Å². The van der Waals surface area contributed by atoms with Crippen LogP contribution in [-0.2, 0) is 4.79 Å². The summed E-state index contributed by atoms with van der Waals surface area (Å²) >= 11 is 1.60. The number of thioether (sulfide) groups is 1. The average Bonchev–Trinajstić information content (AvgIpc) is 2.53. The molecule has 1 fully saturated rings. The molecule has 21 heavy (non-hydrogen) atoms. The molecule has 2 rings (SSSR count). The lowest BCUT2D eigenvalue weighted by atomic mass is 9.84. The number of carboxylic acid groups (broad SMARTS) is 1. The number of nitrogens with one attached hydrogen (secondary N) is 1. The summed E-state index contributed by atoms with van der Waals surface area (Å²) in [6.07, 6.45) is 6.98. The van der Waals surface area contributed by atoms with Gasteiger partial charge in [0.1, 0.15) is 6.04 Å². The van der Waals surface area contributed by atoms with Gasteiger partial charge < -0.3 is 10.4 Å². The zero-order chi connectivity index (χ0) is 15.2. The molecule has 1 aliphatic carbocycles. The van der Waals surface area contributed by atoms with Crippen molar-refractivity contribution in [3.63, 3.8) is 0 Å². The predicted octanol–water partition coefficient (Wildman–Crippen LogP) is 3.17. The quantitative estimate of drug-likeness (QED) is 0.820. The number of amides is 1. The van der Waals surface area contributed by atoms with E-state index in [1.807, 2.05) is 18.4 Å². The lowest BCUT2D eigenvalue weighted by Gasteiger charge is -2.28. The first-order valence-electron chi connectivity index (χ1n) is 7.29. The highest BCUT2D eigenvalue weighted by Crippen LogP contribution is 2.27. The van der Waals surface area contributed by atoms with E-state index in [2.05, 4.69) is 5.32 Å². The molecule has 0 aliphatic heterocycles. The Hall–Kier alpha value is -1.49. The first kappa shape index (κ1) is 15.9. The van der Waals surface area contributed by atoms with Gasteiger partial charge in [0.25, 0.3) is 5.91 Å². The minimum absolute atomic E-state index is 0.0469. The molecule has 0 spiro atoms. The lowest BCUT2D eigenvalue weighted by molar-refractivity contribution is -0.141. The van der Waals surface area contributed by atoms with Crippen LogP contribution in [0.15, 0.2) is 29.2 Å². The van der Waals surface area contributed by atoms with Crippen molar-refractivity contribution >= 4 is 23.6 Å². The monoisotopic (exact) mass is 307 g/mol. The van der Waals surface area contributed by atoms with Gasteiger partial charge in [-0.25, -0.2) is 4.79 Å². The van der Waals surface area contributed by atoms with Crippen LogP contribution in [0.3, 0.4) is 0 Å². The van der Waals surface area contributed by atoms with E-state index in [4.69, 9.17) is 0 Å². The van der Waals surface area contributed by atoms with Gasteiger partial charge in [-0.2, -0.15) is 0 Å². The summed E-state index contributed by atoms with van der Waals surface area (Å²) in [7, 11) is 0. The Bertz CT molecular complexity index is 495. The van der Waals surface area contributed by atoms with Gasteiger partial charge in [-0.05, 0) is 49.3 Å². The van der Waals surface area contributed by atoms with E-state index in [9.17, 15) is 14.7 Å². The third-order valence-electron chi connectivity index (χ3n) is 4.03. The normalized spacial score (nSPS) is 17.2. The SMILES string of the molecule is CSc1ccc(C(=O)NC(C(=O)O)C2CCCCC2)cc1. The van der Waals surface area contributed by atoms with Gasteiger partial charge in [-0.3, -0.25) is 4.79 Å². The zero-order valence-corrected chi connectivity index (χ0v) is 13.0. The standard InChI is InChI=1S/C16H21NO3S/c1-21-13-9-7-12(8-10-13)15(18)17-14(16(19)20)11-5-3-2-4-6-11/h7-11,14H,2-6H2,1H3,(H,17,18)(H,19,20). The number of aliphatic carboxylic acids is 1. The molecular weight excluding hydrogens is 286 g/mol. The van der Waals surface area contributed by atoms with Crippen LogP contribution in [0.1, 0.15) is 42.5 Å². The Morgan fingerprint density at radius 3 is 2.33 bits per heavy atom. The molecule has 4 nitrogen and oxygen atoms in total. The summed E-state index contributed by atoms with van der Waals surface area (Å²) in [6, 6.07) is 6.44. The molecule has 1 aromatic carbocycles. The molecule has 0 radical (unpaired) electrons. The van der Waals surface area contributed by atoms with Crippen molar-refractivity contribution in [2.45, 2.75) is 43.0 Å². The molecule has 114 valence electrons. The Labute approximate surface area is 129 Å².